The van der Waals surface area contributed by atoms with Crippen molar-refractivity contribution in [1.29, 1.82) is 0 Å². The molecule has 6 heteroatoms. The molecule has 29 heavy (non-hydrogen) atoms. The first kappa shape index (κ1) is 17.9. The highest BCUT2D eigenvalue weighted by atomic mass is 19.1. The van der Waals surface area contributed by atoms with Gasteiger partial charge < -0.3 is 10.2 Å². The Hall–Kier alpha value is -3.15. The summed E-state index contributed by atoms with van der Waals surface area (Å²) in [6.45, 7) is 1.76. The molecule has 0 atom stereocenters. The van der Waals surface area contributed by atoms with Crippen molar-refractivity contribution >= 4 is 17.3 Å². The van der Waals surface area contributed by atoms with Gasteiger partial charge in [-0.2, -0.15) is 5.10 Å². The van der Waals surface area contributed by atoms with Crippen LogP contribution in [-0.4, -0.2) is 28.8 Å². The molecule has 148 valence electrons. The third-order valence-corrected chi connectivity index (χ3v) is 5.80. The van der Waals surface area contributed by atoms with Crippen LogP contribution >= 0.6 is 0 Å². The number of halogens is 1. The molecule has 1 aliphatic carbocycles. The zero-order valence-corrected chi connectivity index (χ0v) is 16.2. The van der Waals surface area contributed by atoms with Crippen LogP contribution in [0.1, 0.15) is 41.0 Å². The van der Waals surface area contributed by atoms with Crippen LogP contribution in [0.2, 0.25) is 0 Å². The van der Waals surface area contributed by atoms with E-state index >= 15 is 0 Å². The summed E-state index contributed by atoms with van der Waals surface area (Å²) in [5, 5.41) is 7.44. The first-order valence-electron chi connectivity index (χ1n) is 10.2. The largest absolute Gasteiger partial charge is 0.369 e. The molecule has 0 radical (unpaired) electrons. The average molecular weight is 390 g/mol. The van der Waals surface area contributed by atoms with Crippen LogP contribution in [0.4, 0.5) is 15.8 Å². The number of anilines is 2. The van der Waals surface area contributed by atoms with Crippen LogP contribution in [0.3, 0.4) is 0 Å². The molecule has 0 spiro atoms. The summed E-state index contributed by atoms with van der Waals surface area (Å²) in [4.78, 5) is 15.0. The minimum absolute atomic E-state index is 0.286. The molecule has 1 amide bonds. The first-order valence-corrected chi connectivity index (χ1v) is 10.2. The van der Waals surface area contributed by atoms with Crippen molar-refractivity contribution in [2.75, 3.05) is 23.3 Å². The number of carbonyl (C=O) groups excluding carboxylic acids is 1. The van der Waals surface area contributed by atoms with E-state index in [4.69, 9.17) is 0 Å². The van der Waals surface area contributed by atoms with Crippen molar-refractivity contribution in [3.8, 4) is 5.69 Å². The van der Waals surface area contributed by atoms with Crippen molar-refractivity contribution in [3.63, 3.8) is 0 Å². The highest BCUT2D eigenvalue weighted by molar-refractivity contribution is 6.04. The normalized spacial score (nSPS) is 15.6. The Morgan fingerprint density at radius 3 is 2.55 bits per heavy atom. The Morgan fingerprint density at radius 2 is 1.79 bits per heavy atom. The molecule has 0 unspecified atom stereocenters. The molecule has 1 saturated heterocycles. The van der Waals surface area contributed by atoms with E-state index in [1.807, 2.05) is 35.0 Å². The molecule has 5 nitrogen and oxygen atoms in total. The second kappa shape index (κ2) is 7.35. The van der Waals surface area contributed by atoms with E-state index in [0.717, 1.165) is 62.1 Å². The van der Waals surface area contributed by atoms with Gasteiger partial charge in [0.15, 0.2) is 5.69 Å². The summed E-state index contributed by atoms with van der Waals surface area (Å²) in [5.74, 6) is -0.587. The lowest BCUT2D eigenvalue weighted by Crippen LogP contribution is -2.19. The molecule has 2 aromatic carbocycles. The number of nitrogens with one attached hydrogen (secondary N) is 1. The first-order chi connectivity index (χ1) is 14.2. The van der Waals surface area contributed by atoms with Crippen LogP contribution in [0.25, 0.3) is 5.69 Å². The van der Waals surface area contributed by atoms with E-state index in [9.17, 15) is 9.18 Å². The number of para-hydroxylation sites is 1. The zero-order chi connectivity index (χ0) is 19.8. The fourth-order valence-electron chi connectivity index (χ4n) is 4.39. The third-order valence-electron chi connectivity index (χ3n) is 5.80. The van der Waals surface area contributed by atoms with E-state index < -0.39 is 0 Å². The number of hydrogen-bond acceptors (Lipinski definition) is 3. The number of aromatic nitrogens is 2. The zero-order valence-electron chi connectivity index (χ0n) is 16.2. The molecule has 1 fully saturated rings. The average Bonchev–Trinajstić information content (AvgIpc) is 3.47. The molecule has 3 aromatic rings. The fourth-order valence-corrected chi connectivity index (χ4v) is 4.39. The number of benzene rings is 2. The summed E-state index contributed by atoms with van der Waals surface area (Å²) >= 11 is 0. The second-order valence-electron chi connectivity index (χ2n) is 7.69. The van der Waals surface area contributed by atoms with E-state index in [1.165, 1.54) is 6.07 Å². The van der Waals surface area contributed by atoms with E-state index in [0.29, 0.717) is 17.1 Å². The van der Waals surface area contributed by atoms with Gasteiger partial charge in [0.1, 0.15) is 5.82 Å². The third kappa shape index (κ3) is 3.28. The fraction of sp³-hybridized carbons (Fsp3) is 0.304. The number of amides is 1. The van der Waals surface area contributed by atoms with Gasteiger partial charge in [-0.1, -0.05) is 18.2 Å². The Bertz CT molecular complexity index is 1050. The Kier molecular flexibility index (Phi) is 4.54. The number of nitrogens with zero attached hydrogens (tertiary/aromatic N) is 3. The van der Waals surface area contributed by atoms with Gasteiger partial charge in [-0.15, -0.1) is 0 Å². The van der Waals surface area contributed by atoms with Crippen molar-refractivity contribution < 1.29 is 9.18 Å². The van der Waals surface area contributed by atoms with Gasteiger partial charge in [-0.25, -0.2) is 9.07 Å². The Morgan fingerprint density at radius 1 is 1.00 bits per heavy atom. The maximum absolute atomic E-state index is 14.6. The maximum atomic E-state index is 14.6. The van der Waals surface area contributed by atoms with Gasteiger partial charge >= 0.3 is 0 Å². The highest BCUT2D eigenvalue weighted by Gasteiger charge is 2.27. The van der Waals surface area contributed by atoms with Gasteiger partial charge in [0.25, 0.3) is 5.91 Å². The molecule has 2 heterocycles. The number of hydrogen-bond donors (Lipinski definition) is 1. The Labute approximate surface area is 169 Å². The molecule has 1 aliphatic heterocycles. The quantitative estimate of drug-likeness (QED) is 0.720. The van der Waals surface area contributed by atoms with E-state index in [1.54, 1.807) is 12.1 Å². The smallest absolute Gasteiger partial charge is 0.276 e. The Balaban J connectivity index is 1.41. The lowest BCUT2D eigenvalue weighted by atomic mass is 10.2. The molecule has 5 rings (SSSR count). The van der Waals surface area contributed by atoms with Gasteiger partial charge in [-0.05, 0) is 62.4 Å². The van der Waals surface area contributed by atoms with Crippen molar-refractivity contribution in [2.45, 2.75) is 32.1 Å². The topological polar surface area (TPSA) is 50.2 Å². The number of rotatable bonds is 4. The predicted octanol–water partition coefficient (Wildman–Crippen LogP) is 4.35. The molecule has 1 aromatic heterocycles. The van der Waals surface area contributed by atoms with Crippen LogP contribution in [0.5, 0.6) is 0 Å². The monoisotopic (exact) mass is 390 g/mol. The minimum atomic E-state index is -0.301. The van der Waals surface area contributed by atoms with Crippen LogP contribution in [-0.2, 0) is 12.8 Å². The van der Waals surface area contributed by atoms with Gasteiger partial charge in [0.05, 0.1) is 11.4 Å². The molecule has 0 saturated carbocycles. The van der Waals surface area contributed by atoms with E-state index in [-0.39, 0.29) is 11.7 Å². The summed E-state index contributed by atoms with van der Waals surface area (Å²) in [5.41, 5.74) is 4.54. The SMILES string of the molecule is O=C(Nc1ccc(N2CCCC2)c(F)c1)c1nn(-c2ccccc2)c2c1CCC2. The van der Waals surface area contributed by atoms with Crippen LogP contribution in [0.15, 0.2) is 48.5 Å². The van der Waals surface area contributed by atoms with Crippen molar-refractivity contribution in [2.24, 2.45) is 0 Å². The van der Waals surface area contributed by atoms with Crippen LogP contribution < -0.4 is 10.2 Å². The summed E-state index contributed by atoms with van der Waals surface area (Å²) < 4.78 is 16.5. The second-order valence-corrected chi connectivity index (χ2v) is 7.69. The lowest BCUT2D eigenvalue weighted by molar-refractivity contribution is 0.102. The predicted molar refractivity (Wildman–Crippen MR) is 111 cm³/mol. The molecule has 0 bridgehead atoms. The van der Waals surface area contributed by atoms with Gasteiger partial charge in [0, 0.05) is 30.0 Å². The molecular formula is C23H23FN4O. The molecule has 1 N–H and O–H groups in total. The maximum Gasteiger partial charge on any atom is 0.276 e. The highest BCUT2D eigenvalue weighted by Crippen LogP contribution is 2.29. The molecular weight excluding hydrogens is 367 g/mol. The van der Waals surface area contributed by atoms with Crippen molar-refractivity contribution in [1.82, 2.24) is 9.78 Å². The minimum Gasteiger partial charge on any atom is -0.369 e. The number of carbonyl (C=O) groups is 1. The summed E-state index contributed by atoms with van der Waals surface area (Å²) in [6.07, 6.45) is 4.94. The summed E-state index contributed by atoms with van der Waals surface area (Å²) in [6, 6.07) is 14.8. The lowest BCUT2D eigenvalue weighted by Gasteiger charge is -2.18. The van der Waals surface area contributed by atoms with E-state index in [2.05, 4.69) is 15.3 Å². The van der Waals surface area contributed by atoms with Crippen LogP contribution in [0, 0.1) is 5.82 Å². The standard InChI is InChI=1S/C23H23FN4O/c24-19-15-16(11-12-21(19)27-13-4-5-14-27)25-23(29)22-18-9-6-10-20(18)28(26-22)17-7-2-1-3-8-17/h1-3,7-8,11-12,15H,4-6,9-10,13-14H2,(H,25,29). The van der Waals surface area contributed by atoms with Gasteiger partial charge in [0.2, 0.25) is 0 Å². The van der Waals surface area contributed by atoms with Crippen molar-refractivity contribution in [3.05, 3.63) is 71.3 Å². The van der Waals surface area contributed by atoms with Gasteiger partial charge in [-0.3, -0.25) is 4.79 Å². The number of fused-ring (bicyclic) bond motifs is 1. The summed E-state index contributed by atoms with van der Waals surface area (Å²) in [7, 11) is 0. The molecule has 2 aliphatic rings.